The average Bonchev–Trinajstić information content (AvgIpc) is 3.81. The van der Waals surface area contributed by atoms with Crippen molar-refractivity contribution >= 4 is 78.7 Å². The fourth-order valence-electron chi connectivity index (χ4n) is 5.21. The SMILES string of the molecule is Cc1cc(NC(=O)c2cc(NC(=O)c3cc(NC(=O)c4sc5ccccc5c4Cl)cn3C)cn2CCN2CCCC2)sn1. The van der Waals surface area contributed by atoms with Gasteiger partial charge in [0.25, 0.3) is 17.7 Å². The monoisotopic (exact) mass is 635 g/mol. The van der Waals surface area contributed by atoms with Crippen LogP contribution in [-0.4, -0.2) is 55.8 Å². The Kier molecular flexibility index (Phi) is 8.35. The highest BCUT2D eigenvalue weighted by atomic mass is 35.5. The Balaban J connectivity index is 1.17. The molecule has 0 atom stereocenters. The van der Waals surface area contributed by atoms with E-state index in [2.05, 4.69) is 25.2 Å². The predicted molar refractivity (Wildman–Crippen MR) is 173 cm³/mol. The predicted octanol–water partition coefficient (Wildman–Crippen LogP) is 6.31. The Labute approximate surface area is 261 Å². The van der Waals surface area contributed by atoms with Crippen molar-refractivity contribution in [2.45, 2.75) is 26.3 Å². The van der Waals surface area contributed by atoms with Crippen molar-refractivity contribution in [2.24, 2.45) is 7.05 Å². The van der Waals surface area contributed by atoms with E-state index < -0.39 is 0 Å². The lowest BCUT2D eigenvalue weighted by molar-refractivity contribution is 0.100. The van der Waals surface area contributed by atoms with Crippen molar-refractivity contribution in [1.29, 1.82) is 0 Å². The lowest BCUT2D eigenvalue weighted by Crippen LogP contribution is -2.25. The Morgan fingerprint density at radius 2 is 1.60 bits per heavy atom. The fourth-order valence-corrected chi connectivity index (χ4v) is 7.28. The summed E-state index contributed by atoms with van der Waals surface area (Å²) in [5.41, 5.74) is 2.59. The number of thiophene rings is 1. The molecule has 0 spiro atoms. The van der Waals surface area contributed by atoms with Crippen molar-refractivity contribution in [2.75, 3.05) is 35.6 Å². The van der Waals surface area contributed by atoms with Crippen LogP contribution in [0.5, 0.6) is 0 Å². The lowest BCUT2D eigenvalue weighted by Gasteiger charge is -2.16. The van der Waals surface area contributed by atoms with Gasteiger partial charge < -0.3 is 30.0 Å². The van der Waals surface area contributed by atoms with Crippen molar-refractivity contribution in [3.63, 3.8) is 0 Å². The summed E-state index contributed by atoms with van der Waals surface area (Å²) in [5.74, 6) is -0.982. The molecule has 0 radical (unpaired) electrons. The maximum Gasteiger partial charge on any atom is 0.273 e. The average molecular weight is 636 g/mol. The Hall–Kier alpha value is -3.97. The van der Waals surface area contributed by atoms with Crippen LogP contribution in [0.4, 0.5) is 16.4 Å². The van der Waals surface area contributed by atoms with Crippen molar-refractivity contribution in [3.05, 3.63) is 81.8 Å². The standard InChI is InChI=1S/C30H30ClN7O3S2/c1-18-13-25(43-35-18)34-29(40)23-15-20(17-38(23)12-11-37-9-5-6-10-37)32-28(39)22-14-19(16-36(22)2)33-30(41)27-26(31)21-7-3-4-8-24(21)42-27/h3-4,7-8,13-17H,5-6,9-12H2,1-2H3,(H,32,39)(H,33,41)(H,34,40). The molecular weight excluding hydrogens is 606 g/mol. The van der Waals surface area contributed by atoms with Crippen LogP contribution in [0, 0.1) is 6.92 Å². The third-order valence-corrected chi connectivity index (χ3v) is 9.81. The molecule has 1 aliphatic heterocycles. The Morgan fingerprint density at radius 3 is 2.35 bits per heavy atom. The number of likely N-dealkylation sites (tertiary alicyclic amines) is 1. The first kappa shape index (κ1) is 29.1. The molecule has 1 fully saturated rings. The summed E-state index contributed by atoms with van der Waals surface area (Å²) >= 11 is 9.03. The van der Waals surface area contributed by atoms with Crippen molar-refractivity contribution in [1.82, 2.24) is 18.4 Å². The summed E-state index contributed by atoms with van der Waals surface area (Å²) in [6.07, 6.45) is 5.82. The number of carbonyl (C=O) groups excluding carboxylic acids is 3. The Bertz CT molecular complexity index is 1830. The largest absolute Gasteiger partial charge is 0.344 e. The number of halogens is 1. The zero-order chi connectivity index (χ0) is 30.1. The second-order valence-electron chi connectivity index (χ2n) is 10.5. The molecule has 0 unspecified atom stereocenters. The number of nitrogens with zero attached hydrogens (tertiary/aromatic N) is 4. The topological polar surface area (TPSA) is 113 Å². The molecule has 13 heteroatoms. The molecule has 222 valence electrons. The number of anilines is 3. The molecule has 1 aromatic carbocycles. The maximum absolute atomic E-state index is 13.3. The van der Waals surface area contributed by atoms with Gasteiger partial charge in [-0.1, -0.05) is 29.8 Å². The van der Waals surface area contributed by atoms with Gasteiger partial charge in [0.1, 0.15) is 21.3 Å². The van der Waals surface area contributed by atoms with Crippen LogP contribution < -0.4 is 16.0 Å². The molecule has 3 amide bonds. The first-order valence-corrected chi connectivity index (χ1v) is 15.9. The van der Waals surface area contributed by atoms with E-state index in [0.717, 1.165) is 35.4 Å². The summed E-state index contributed by atoms with van der Waals surface area (Å²) < 4.78 is 8.68. The van der Waals surface area contributed by atoms with Gasteiger partial charge >= 0.3 is 0 Å². The number of hydrogen-bond acceptors (Lipinski definition) is 7. The minimum absolute atomic E-state index is 0.269. The number of aryl methyl sites for hydroxylation is 2. The lowest BCUT2D eigenvalue weighted by atomic mass is 10.2. The third kappa shape index (κ3) is 6.37. The van der Waals surface area contributed by atoms with Crippen LogP contribution in [0.3, 0.4) is 0 Å². The summed E-state index contributed by atoms with van der Waals surface area (Å²) in [4.78, 5) is 42.4. The van der Waals surface area contributed by atoms with Gasteiger partial charge in [0, 0.05) is 42.6 Å². The van der Waals surface area contributed by atoms with Gasteiger partial charge in [0.15, 0.2) is 0 Å². The number of carbonyl (C=O) groups is 3. The minimum Gasteiger partial charge on any atom is -0.344 e. The number of rotatable bonds is 9. The smallest absolute Gasteiger partial charge is 0.273 e. The fraction of sp³-hybridized carbons (Fsp3) is 0.267. The summed E-state index contributed by atoms with van der Waals surface area (Å²) in [5, 5.41) is 10.6. The van der Waals surface area contributed by atoms with Crippen LogP contribution >= 0.6 is 34.5 Å². The molecule has 5 aromatic rings. The molecule has 6 rings (SSSR count). The van der Waals surface area contributed by atoms with E-state index in [1.807, 2.05) is 41.8 Å². The van der Waals surface area contributed by atoms with E-state index in [-0.39, 0.29) is 17.7 Å². The molecule has 1 aliphatic rings. The molecule has 0 aliphatic carbocycles. The van der Waals surface area contributed by atoms with Gasteiger partial charge in [-0.15, -0.1) is 11.3 Å². The highest BCUT2D eigenvalue weighted by Gasteiger charge is 2.21. The zero-order valence-electron chi connectivity index (χ0n) is 23.6. The molecule has 0 saturated carbocycles. The van der Waals surface area contributed by atoms with E-state index >= 15 is 0 Å². The number of hydrogen-bond donors (Lipinski definition) is 3. The first-order valence-electron chi connectivity index (χ1n) is 13.9. The summed E-state index contributed by atoms with van der Waals surface area (Å²) in [6, 6.07) is 12.7. The van der Waals surface area contributed by atoms with Crippen molar-refractivity contribution < 1.29 is 14.4 Å². The van der Waals surface area contributed by atoms with E-state index in [4.69, 9.17) is 11.6 Å². The molecular formula is C30H30ClN7O3S2. The molecule has 3 N–H and O–H groups in total. The Morgan fingerprint density at radius 1 is 0.907 bits per heavy atom. The quantitative estimate of drug-likeness (QED) is 0.176. The molecule has 10 nitrogen and oxygen atoms in total. The van der Waals surface area contributed by atoms with E-state index in [9.17, 15) is 14.4 Å². The highest BCUT2D eigenvalue weighted by Crippen LogP contribution is 2.35. The summed E-state index contributed by atoms with van der Waals surface area (Å²) in [7, 11) is 1.73. The van der Waals surface area contributed by atoms with E-state index in [1.165, 1.54) is 35.7 Å². The molecule has 4 aromatic heterocycles. The molecule has 5 heterocycles. The van der Waals surface area contributed by atoms with Gasteiger partial charge in [0.05, 0.1) is 22.1 Å². The highest BCUT2D eigenvalue weighted by molar-refractivity contribution is 7.21. The number of nitrogens with one attached hydrogen (secondary N) is 3. The van der Waals surface area contributed by atoms with E-state index in [1.54, 1.807) is 36.1 Å². The number of aromatic nitrogens is 3. The van der Waals surface area contributed by atoms with Crippen LogP contribution in [0.25, 0.3) is 10.1 Å². The number of benzene rings is 1. The normalized spacial score (nSPS) is 13.5. The van der Waals surface area contributed by atoms with Crippen LogP contribution in [0.1, 0.15) is 49.2 Å². The zero-order valence-corrected chi connectivity index (χ0v) is 26.0. The summed E-state index contributed by atoms with van der Waals surface area (Å²) in [6.45, 7) is 5.40. The van der Waals surface area contributed by atoms with Crippen LogP contribution in [0.2, 0.25) is 5.02 Å². The minimum atomic E-state index is -0.371. The van der Waals surface area contributed by atoms with Gasteiger partial charge in [0.2, 0.25) is 0 Å². The van der Waals surface area contributed by atoms with Gasteiger partial charge in [-0.25, -0.2) is 0 Å². The van der Waals surface area contributed by atoms with Gasteiger partial charge in [-0.3, -0.25) is 14.4 Å². The van der Waals surface area contributed by atoms with Crippen LogP contribution in [0.15, 0.2) is 54.9 Å². The second kappa shape index (κ2) is 12.3. The first-order chi connectivity index (χ1) is 20.7. The van der Waals surface area contributed by atoms with Crippen molar-refractivity contribution in [3.8, 4) is 0 Å². The maximum atomic E-state index is 13.3. The molecule has 1 saturated heterocycles. The van der Waals surface area contributed by atoms with E-state index in [0.29, 0.717) is 44.2 Å². The second-order valence-corrected chi connectivity index (χ2v) is 12.8. The van der Waals surface area contributed by atoms with Gasteiger partial charge in [-0.05, 0) is 68.7 Å². The number of amides is 3. The molecule has 0 bridgehead atoms. The van der Waals surface area contributed by atoms with Crippen LogP contribution in [-0.2, 0) is 13.6 Å². The van der Waals surface area contributed by atoms with Gasteiger partial charge in [-0.2, -0.15) is 4.37 Å². The number of fused-ring (bicyclic) bond motifs is 1. The molecule has 43 heavy (non-hydrogen) atoms. The third-order valence-electron chi connectivity index (χ3n) is 7.34.